The highest BCUT2D eigenvalue weighted by molar-refractivity contribution is 6.23. The van der Waals surface area contributed by atoms with E-state index < -0.39 is 23.3 Å². The van der Waals surface area contributed by atoms with Gasteiger partial charge >= 0.3 is 11.4 Å². The van der Waals surface area contributed by atoms with Gasteiger partial charge in [-0.05, 0) is 36.3 Å². The molecule has 2 aromatic rings. The van der Waals surface area contributed by atoms with Gasteiger partial charge in [-0.15, -0.1) is 0 Å². The Kier molecular flexibility index (Phi) is 4.93. The van der Waals surface area contributed by atoms with Crippen LogP contribution in [0, 0.1) is 5.92 Å². The third-order valence-corrected chi connectivity index (χ3v) is 6.75. The molecule has 3 aliphatic rings. The molecule has 5 rings (SSSR count). The number of Topliss-reactive ketones (excluding diaryl/α,β-unsaturated/α-hetero) is 1. The number of phenols is 1. The van der Waals surface area contributed by atoms with Gasteiger partial charge in [0.2, 0.25) is 0 Å². The number of carbonyl (C=O) groups excluding carboxylic acids is 2. The van der Waals surface area contributed by atoms with Gasteiger partial charge < -0.3 is 9.84 Å². The van der Waals surface area contributed by atoms with Gasteiger partial charge in [-0.1, -0.05) is 24.3 Å². The smallest absolute Gasteiger partial charge is 0.347 e. The van der Waals surface area contributed by atoms with E-state index in [0.717, 1.165) is 15.7 Å². The molecule has 2 heterocycles. The molecule has 9 heteroatoms. The summed E-state index contributed by atoms with van der Waals surface area (Å²) >= 11 is 0. The first-order chi connectivity index (χ1) is 16.2. The van der Waals surface area contributed by atoms with Crippen LogP contribution in [0.4, 0.5) is 0 Å². The van der Waals surface area contributed by atoms with Crippen molar-refractivity contribution < 1.29 is 19.4 Å². The fourth-order valence-electron chi connectivity index (χ4n) is 5.04. The van der Waals surface area contributed by atoms with Crippen LogP contribution in [0.1, 0.15) is 24.9 Å². The van der Waals surface area contributed by atoms with Crippen LogP contribution in [0.25, 0.3) is 6.08 Å². The van der Waals surface area contributed by atoms with E-state index in [2.05, 4.69) is 0 Å². The normalized spacial score (nSPS) is 21.7. The highest BCUT2D eigenvalue weighted by atomic mass is 16.5. The Balaban J connectivity index is 1.67. The standard InChI is InChI=1S/C25H23N3O6/c1-13-10-20(30)22-16(6-4-14-5-7-19(29)21(11-14)34-3)15-8-9-27-24(32)26(2)25(33)28(27)18(15)12-17(22)23(13)31/h4-8,10-11,16,18,29H,9,12H2,1-3H3/t16-,18+/m0/s1. The number of allylic oxidation sites excluding steroid dienone is 7. The van der Waals surface area contributed by atoms with E-state index in [1.165, 1.54) is 35.7 Å². The summed E-state index contributed by atoms with van der Waals surface area (Å²) in [5.74, 6) is -0.685. The molecule has 1 aromatic carbocycles. The van der Waals surface area contributed by atoms with E-state index in [-0.39, 0.29) is 30.3 Å². The highest BCUT2D eigenvalue weighted by Gasteiger charge is 2.43. The molecular formula is C25H23N3O6. The molecule has 34 heavy (non-hydrogen) atoms. The second-order valence-corrected chi connectivity index (χ2v) is 8.66. The number of aromatic nitrogens is 3. The molecule has 0 saturated carbocycles. The Bertz CT molecular complexity index is 1510. The third-order valence-electron chi connectivity index (χ3n) is 6.75. The number of ketones is 2. The minimum absolute atomic E-state index is 0.00690. The molecule has 1 aliphatic heterocycles. The Morgan fingerprint density at radius 2 is 1.91 bits per heavy atom. The fourth-order valence-corrected chi connectivity index (χ4v) is 5.04. The predicted molar refractivity (Wildman–Crippen MR) is 124 cm³/mol. The number of aromatic hydroxyl groups is 1. The SMILES string of the molecule is COc1cc(C=C[C@H]2C3=CCn4c(=O)n(C)c(=O)n4[C@@H]3CC3=C2C(=O)C=C(C)C3=O)ccc1O. The molecule has 0 bridgehead atoms. The minimum Gasteiger partial charge on any atom is -0.504 e. The molecule has 1 N–H and O–H groups in total. The molecule has 0 fully saturated rings. The summed E-state index contributed by atoms with van der Waals surface area (Å²) in [5, 5.41) is 9.88. The summed E-state index contributed by atoms with van der Waals surface area (Å²) in [4.78, 5) is 51.5. The van der Waals surface area contributed by atoms with Crippen LogP contribution in [0.3, 0.4) is 0 Å². The first-order valence-corrected chi connectivity index (χ1v) is 10.9. The van der Waals surface area contributed by atoms with Crippen molar-refractivity contribution in [1.82, 2.24) is 13.9 Å². The van der Waals surface area contributed by atoms with Crippen LogP contribution in [0.15, 0.2) is 68.3 Å². The van der Waals surface area contributed by atoms with Gasteiger partial charge in [-0.2, -0.15) is 0 Å². The maximum Gasteiger partial charge on any atom is 0.347 e. The van der Waals surface area contributed by atoms with Gasteiger partial charge in [0.15, 0.2) is 23.1 Å². The lowest BCUT2D eigenvalue weighted by Gasteiger charge is -2.38. The maximum atomic E-state index is 13.1. The number of benzene rings is 1. The summed E-state index contributed by atoms with van der Waals surface area (Å²) in [6, 6.07) is 4.32. The fraction of sp³-hybridized carbons (Fsp3) is 0.280. The van der Waals surface area contributed by atoms with Crippen molar-refractivity contribution in [2.75, 3.05) is 7.11 Å². The zero-order valence-electron chi connectivity index (χ0n) is 18.9. The van der Waals surface area contributed by atoms with Crippen molar-refractivity contribution in [1.29, 1.82) is 0 Å². The molecule has 174 valence electrons. The number of rotatable bonds is 3. The monoisotopic (exact) mass is 461 g/mol. The van der Waals surface area contributed by atoms with Crippen LogP contribution in [0.5, 0.6) is 11.5 Å². The van der Waals surface area contributed by atoms with Crippen molar-refractivity contribution in [3.63, 3.8) is 0 Å². The number of methoxy groups -OCH3 is 1. The van der Waals surface area contributed by atoms with Crippen LogP contribution >= 0.6 is 0 Å². The maximum absolute atomic E-state index is 13.1. The lowest BCUT2D eigenvalue weighted by Crippen LogP contribution is -2.41. The largest absolute Gasteiger partial charge is 0.504 e. The zero-order valence-corrected chi connectivity index (χ0v) is 18.9. The second-order valence-electron chi connectivity index (χ2n) is 8.66. The number of nitrogens with zero attached hydrogens (tertiary/aromatic N) is 3. The molecule has 1 aromatic heterocycles. The van der Waals surface area contributed by atoms with E-state index in [1.54, 1.807) is 25.1 Å². The van der Waals surface area contributed by atoms with E-state index in [1.807, 2.05) is 12.2 Å². The molecule has 0 unspecified atom stereocenters. The summed E-state index contributed by atoms with van der Waals surface area (Å²) in [7, 11) is 2.88. The molecule has 2 aliphatic carbocycles. The molecule has 9 nitrogen and oxygen atoms in total. The summed E-state index contributed by atoms with van der Waals surface area (Å²) in [5.41, 5.74) is 1.77. The predicted octanol–water partition coefficient (Wildman–Crippen LogP) is 1.67. The van der Waals surface area contributed by atoms with Gasteiger partial charge in [0.1, 0.15) is 0 Å². The average molecular weight is 461 g/mol. The van der Waals surface area contributed by atoms with Crippen LogP contribution in [-0.2, 0) is 23.2 Å². The van der Waals surface area contributed by atoms with Crippen molar-refractivity contribution >= 4 is 17.6 Å². The van der Waals surface area contributed by atoms with Crippen molar-refractivity contribution in [2.45, 2.75) is 25.9 Å². The van der Waals surface area contributed by atoms with Crippen LogP contribution in [0.2, 0.25) is 0 Å². The topological polar surface area (TPSA) is 113 Å². The van der Waals surface area contributed by atoms with Crippen molar-refractivity contribution in [3.05, 3.63) is 85.3 Å². The Labute approximate surface area is 194 Å². The molecule has 0 saturated heterocycles. The van der Waals surface area contributed by atoms with Gasteiger partial charge in [0.25, 0.3) is 0 Å². The van der Waals surface area contributed by atoms with Crippen LogP contribution < -0.4 is 16.1 Å². The molecule has 0 spiro atoms. The summed E-state index contributed by atoms with van der Waals surface area (Å²) < 4.78 is 8.99. The minimum atomic E-state index is -0.555. The number of hydrogen-bond acceptors (Lipinski definition) is 6. The van der Waals surface area contributed by atoms with E-state index in [0.29, 0.717) is 22.5 Å². The van der Waals surface area contributed by atoms with Gasteiger partial charge in [-0.25, -0.2) is 23.5 Å². The number of hydrogen-bond donors (Lipinski definition) is 1. The van der Waals surface area contributed by atoms with Crippen LogP contribution in [-0.4, -0.2) is 37.7 Å². The Morgan fingerprint density at radius 1 is 1.15 bits per heavy atom. The van der Waals surface area contributed by atoms with E-state index in [4.69, 9.17) is 4.74 Å². The number of ether oxygens (including phenoxy) is 1. The number of fused-ring (bicyclic) bond motifs is 3. The highest BCUT2D eigenvalue weighted by Crippen LogP contribution is 2.45. The molecule has 0 amide bonds. The van der Waals surface area contributed by atoms with Crippen molar-refractivity contribution in [2.24, 2.45) is 13.0 Å². The van der Waals surface area contributed by atoms with Gasteiger partial charge in [0, 0.05) is 36.1 Å². The van der Waals surface area contributed by atoms with Gasteiger partial charge in [-0.3, -0.25) is 9.59 Å². The summed E-state index contributed by atoms with van der Waals surface area (Å²) in [6.07, 6.45) is 7.00. The third kappa shape index (κ3) is 3.07. The molecule has 0 radical (unpaired) electrons. The van der Waals surface area contributed by atoms with Gasteiger partial charge in [0.05, 0.1) is 19.7 Å². The molecule has 2 atom stereocenters. The Hall–Kier alpha value is -4.14. The quantitative estimate of drug-likeness (QED) is 0.550. The number of carbonyl (C=O) groups is 2. The lowest BCUT2D eigenvalue weighted by atomic mass is 9.70. The van der Waals surface area contributed by atoms with E-state index >= 15 is 0 Å². The van der Waals surface area contributed by atoms with E-state index in [9.17, 15) is 24.3 Å². The molecular weight excluding hydrogens is 438 g/mol. The first-order valence-electron chi connectivity index (χ1n) is 10.9. The summed E-state index contributed by atoms with van der Waals surface area (Å²) in [6.45, 7) is 1.80. The Morgan fingerprint density at radius 3 is 2.65 bits per heavy atom. The average Bonchev–Trinajstić information content (AvgIpc) is 3.05. The van der Waals surface area contributed by atoms with Crippen molar-refractivity contribution in [3.8, 4) is 11.5 Å². The second kappa shape index (κ2) is 7.72. The lowest BCUT2D eigenvalue weighted by molar-refractivity contribution is -0.116. The zero-order chi connectivity index (χ0) is 24.3. The first kappa shape index (κ1) is 21.7. The number of phenolic OH excluding ortho intramolecular Hbond substituents is 1.